The third-order valence-electron chi connectivity index (χ3n) is 4.54. The Morgan fingerprint density at radius 3 is 2.06 bits per heavy atom. The van der Waals surface area contributed by atoms with Crippen LogP contribution in [0.4, 0.5) is 17.1 Å². The van der Waals surface area contributed by atoms with Gasteiger partial charge in [0.15, 0.2) is 0 Å². The monoisotopic (exact) mass is 464 g/mol. The molecule has 0 aliphatic carbocycles. The number of azo groups is 1. The van der Waals surface area contributed by atoms with Crippen LogP contribution in [0.5, 0.6) is 0 Å². The highest BCUT2D eigenvalue weighted by molar-refractivity contribution is 7.47. The first kappa shape index (κ1) is 25.6. The van der Waals surface area contributed by atoms with Crippen LogP contribution in [0.15, 0.2) is 58.8 Å². The molecule has 32 heavy (non-hydrogen) atoms. The first-order chi connectivity index (χ1) is 15.1. The van der Waals surface area contributed by atoms with Crippen LogP contribution in [0.1, 0.15) is 17.3 Å². The lowest BCUT2D eigenvalue weighted by atomic mass is 10.1. The van der Waals surface area contributed by atoms with Crippen LogP contribution in [-0.4, -0.2) is 57.9 Å². The molecule has 0 fully saturated rings. The predicted molar refractivity (Wildman–Crippen MR) is 122 cm³/mol. The minimum Gasteiger partial charge on any atom is -0.382 e. The number of ether oxygens (including phenoxy) is 1. The summed E-state index contributed by atoms with van der Waals surface area (Å²) in [6, 6.07) is 13.5. The van der Waals surface area contributed by atoms with Gasteiger partial charge in [0, 0.05) is 39.6 Å². The third kappa shape index (κ3) is 7.81. The first-order valence-corrected chi connectivity index (χ1v) is 11.3. The smallest absolute Gasteiger partial charge is 0.382 e. The molecule has 10 nitrogen and oxygen atoms in total. The summed E-state index contributed by atoms with van der Waals surface area (Å²) < 4.78 is 26.2. The van der Waals surface area contributed by atoms with Gasteiger partial charge < -0.3 is 19.8 Å². The molecule has 2 aromatic rings. The Kier molecular flexibility index (Phi) is 9.49. The van der Waals surface area contributed by atoms with Crippen LogP contribution < -0.4 is 10.2 Å². The number of phosphoric ester groups is 1. The molecule has 0 saturated carbocycles. The van der Waals surface area contributed by atoms with E-state index in [0.717, 1.165) is 12.8 Å². The molecule has 0 radical (unpaired) electrons. The molecule has 0 bridgehead atoms. The summed E-state index contributed by atoms with van der Waals surface area (Å²) in [7, 11) is 2.24. The van der Waals surface area contributed by atoms with Crippen molar-refractivity contribution in [2.75, 3.05) is 39.8 Å². The Morgan fingerprint density at radius 2 is 1.59 bits per heavy atom. The molecule has 2 N–H and O–H groups in total. The third-order valence-corrected chi connectivity index (χ3v) is 5.60. The maximum atomic E-state index is 12.6. The maximum absolute atomic E-state index is 12.6. The second-order valence-corrected chi connectivity index (χ2v) is 8.67. The van der Waals surface area contributed by atoms with Gasteiger partial charge in [-0.1, -0.05) is 0 Å². The molecule has 0 aromatic heterocycles. The first-order valence-electron chi connectivity index (χ1n) is 9.81. The fourth-order valence-electron chi connectivity index (χ4n) is 2.66. The SMILES string of the molecule is COC[C@H](NC(=O)c1ccc(/N=N/c2ccc(N(C)C)cc2)cc1)[C@H](C)OP(=O)(O)OC. The van der Waals surface area contributed by atoms with Crippen LogP contribution in [-0.2, 0) is 18.3 Å². The van der Waals surface area contributed by atoms with E-state index >= 15 is 0 Å². The molecule has 1 unspecified atom stereocenters. The highest BCUT2D eigenvalue weighted by Crippen LogP contribution is 2.43. The molecular formula is C21H29N4O6P. The van der Waals surface area contributed by atoms with Crippen molar-refractivity contribution >= 4 is 30.8 Å². The quantitative estimate of drug-likeness (QED) is 0.380. The number of rotatable bonds is 11. The lowest BCUT2D eigenvalue weighted by Crippen LogP contribution is -2.45. The van der Waals surface area contributed by atoms with Gasteiger partial charge >= 0.3 is 7.82 Å². The number of anilines is 1. The van der Waals surface area contributed by atoms with Crippen molar-refractivity contribution in [3.63, 3.8) is 0 Å². The Balaban J connectivity index is 2.02. The standard InChI is InChI=1S/C21H29N4O6P/c1-15(31-32(27,28)30-5)20(14-29-4)22-21(26)16-6-8-17(9-7-16)23-24-18-10-12-19(13-11-18)25(2)3/h6-13,15,20H,14H2,1-5H3,(H,22,26)(H,27,28)/b24-23+/t15-,20-/m0/s1. The minimum absolute atomic E-state index is 0.0789. The average Bonchev–Trinajstić information content (AvgIpc) is 2.77. The van der Waals surface area contributed by atoms with Gasteiger partial charge in [-0.05, 0) is 55.5 Å². The molecule has 0 saturated heterocycles. The van der Waals surface area contributed by atoms with Crippen molar-refractivity contribution in [3.8, 4) is 0 Å². The van der Waals surface area contributed by atoms with Crippen LogP contribution in [0.2, 0.25) is 0 Å². The van der Waals surface area contributed by atoms with Gasteiger partial charge in [0.1, 0.15) is 0 Å². The van der Waals surface area contributed by atoms with Gasteiger partial charge in [0.25, 0.3) is 5.91 Å². The van der Waals surface area contributed by atoms with Crippen LogP contribution in [0, 0.1) is 0 Å². The van der Waals surface area contributed by atoms with E-state index in [1.54, 1.807) is 31.2 Å². The summed E-state index contributed by atoms with van der Waals surface area (Å²) >= 11 is 0. The van der Waals surface area contributed by atoms with Crippen molar-refractivity contribution in [1.82, 2.24) is 5.32 Å². The number of hydrogen-bond donors (Lipinski definition) is 2. The second kappa shape index (κ2) is 11.8. The van der Waals surface area contributed by atoms with Gasteiger partial charge in [-0.2, -0.15) is 10.2 Å². The molecule has 0 spiro atoms. The van der Waals surface area contributed by atoms with Gasteiger partial charge in [-0.3, -0.25) is 13.8 Å². The molecule has 0 aliphatic heterocycles. The summed E-state index contributed by atoms with van der Waals surface area (Å²) in [5, 5.41) is 11.1. The summed E-state index contributed by atoms with van der Waals surface area (Å²) in [4.78, 5) is 24.1. The van der Waals surface area contributed by atoms with E-state index in [0.29, 0.717) is 16.9 Å². The maximum Gasteiger partial charge on any atom is 0.472 e. The van der Waals surface area contributed by atoms with Crippen molar-refractivity contribution in [2.24, 2.45) is 10.2 Å². The van der Waals surface area contributed by atoms with Gasteiger partial charge in [0.2, 0.25) is 0 Å². The Hall–Kier alpha value is -2.62. The molecule has 2 aromatic carbocycles. The zero-order valence-electron chi connectivity index (χ0n) is 18.8. The summed E-state index contributed by atoms with van der Waals surface area (Å²) in [6.07, 6.45) is -0.832. The fourth-order valence-corrected chi connectivity index (χ4v) is 3.32. The minimum atomic E-state index is -4.20. The average molecular weight is 464 g/mol. The van der Waals surface area contributed by atoms with Gasteiger partial charge in [0.05, 0.1) is 30.1 Å². The number of benzene rings is 2. The molecule has 1 amide bonds. The zero-order chi connectivity index (χ0) is 23.7. The molecule has 3 atom stereocenters. The molecule has 2 rings (SSSR count). The summed E-state index contributed by atoms with van der Waals surface area (Å²) in [6.45, 7) is 1.62. The predicted octanol–water partition coefficient (Wildman–Crippen LogP) is 4.06. The number of amides is 1. The number of phosphoric acid groups is 1. The number of hydrogen-bond acceptors (Lipinski definition) is 8. The number of methoxy groups -OCH3 is 1. The summed E-state index contributed by atoms with van der Waals surface area (Å²) in [5.74, 6) is -0.393. The normalized spacial score (nSPS) is 15.2. The van der Waals surface area contributed by atoms with E-state index in [9.17, 15) is 14.3 Å². The number of nitrogens with one attached hydrogen (secondary N) is 1. The molecule has 11 heteroatoms. The van der Waals surface area contributed by atoms with Gasteiger partial charge in [-0.25, -0.2) is 4.57 Å². The highest BCUT2D eigenvalue weighted by Gasteiger charge is 2.29. The van der Waals surface area contributed by atoms with Crippen molar-refractivity contribution < 1.29 is 28.0 Å². The lowest BCUT2D eigenvalue weighted by Gasteiger charge is -2.25. The van der Waals surface area contributed by atoms with Gasteiger partial charge in [-0.15, -0.1) is 0 Å². The van der Waals surface area contributed by atoms with E-state index in [-0.39, 0.29) is 6.61 Å². The summed E-state index contributed by atoms with van der Waals surface area (Å²) in [5.41, 5.74) is 2.75. The lowest BCUT2D eigenvalue weighted by molar-refractivity contribution is 0.0579. The zero-order valence-corrected chi connectivity index (χ0v) is 19.7. The van der Waals surface area contributed by atoms with Crippen molar-refractivity contribution in [3.05, 3.63) is 54.1 Å². The van der Waals surface area contributed by atoms with Crippen LogP contribution >= 0.6 is 7.82 Å². The topological polar surface area (TPSA) is 122 Å². The molecular weight excluding hydrogens is 435 g/mol. The van der Waals surface area contributed by atoms with Crippen molar-refractivity contribution in [1.29, 1.82) is 0 Å². The highest BCUT2D eigenvalue weighted by atomic mass is 31.2. The number of carbonyl (C=O) groups is 1. The van der Waals surface area contributed by atoms with E-state index in [1.807, 2.05) is 43.3 Å². The fraction of sp³-hybridized carbons (Fsp3) is 0.381. The van der Waals surface area contributed by atoms with Crippen molar-refractivity contribution in [2.45, 2.75) is 19.1 Å². The van der Waals surface area contributed by atoms with E-state index in [2.05, 4.69) is 20.1 Å². The second-order valence-electron chi connectivity index (χ2n) is 7.15. The van der Waals surface area contributed by atoms with Crippen LogP contribution in [0.25, 0.3) is 0 Å². The van der Waals surface area contributed by atoms with E-state index in [1.165, 1.54) is 7.11 Å². The number of carbonyl (C=O) groups excluding carboxylic acids is 1. The molecule has 0 aliphatic rings. The Morgan fingerprint density at radius 1 is 1.06 bits per heavy atom. The van der Waals surface area contributed by atoms with E-state index < -0.39 is 25.9 Å². The Labute approximate surface area is 187 Å². The molecule has 0 heterocycles. The van der Waals surface area contributed by atoms with E-state index in [4.69, 9.17) is 9.26 Å². The number of nitrogens with zero attached hydrogens (tertiary/aromatic N) is 3. The Bertz CT molecular complexity index is 950. The van der Waals surface area contributed by atoms with Crippen LogP contribution in [0.3, 0.4) is 0 Å². The molecule has 174 valence electrons. The largest absolute Gasteiger partial charge is 0.472 e.